The van der Waals surface area contributed by atoms with Gasteiger partial charge in [0.05, 0.1) is 18.9 Å². The number of carbonyl (C=O) groups is 4. The van der Waals surface area contributed by atoms with Crippen molar-refractivity contribution >= 4 is 35.4 Å². The minimum Gasteiger partial charge on any atom is -0.388 e. The van der Waals surface area contributed by atoms with Gasteiger partial charge in [-0.2, -0.15) is 0 Å². The van der Waals surface area contributed by atoms with Gasteiger partial charge in [-0.1, -0.05) is 84.9 Å². The van der Waals surface area contributed by atoms with Crippen LogP contribution in [-0.2, 0) is 32.0 Å². The number of rotatable bonds is 9. The lowest BCUT2D eigenvalue weighted by molar-refractivity contribution is -0.136. The molecule has 294 valence electrons. The molecule has 0 radical (unpaired) electrons. The summed E-state index contributed by atoms with van der Waals surface area (Å²) in [5.41, 5.74) is 5.98. The van der Waals surface area contributed by atoms with Crippen LogP contribution in [0, 0.1) is 0 Å². The molecule has 0 saturated carbocycles. The summed E-state index contributed by atoms with van der Waals surface area (Å²) in [6, 6.07) is 34.7. The molecular formula is C45H60N6O4. The van der Waals surface area contributed by atoms with Crippen LogP contribution >= 0.6 is 0 Å². The van der Waals surface area contributed by atoms with Crippen LogP contribution in [0.3, 0.4) is 0 Å². The van der Waals surface area contributed by atoms with Crippen molar-refractivity contribution in [3.63, 3.8) is 0 Å². The van der Waals surface area contributed by atoms with Crippen LogP contribution in [0.5, 0.6) is 0 Å². The zero-order valence-corrected chi connectivity index (χ0v) is 33.7. The van der Waals surface area contributed by atoms with Gasteiger partial charge in [0.25, 0.3) is 0 Å². The highest BCUT2D eigenvalue weighted by Crippen LogP contribution is 2.25. The van der Waals surface area contributed by atoms with Crippen molar-refractivity contribution in [2.24, 2.45) is 0 Å². The number of aldehydes is 1. The maximum absolute atomic E-state index is 12.9. The zero-order chi connectivity index (χ0) is 40.2. The van der Waals surface area contributed by atoms with Crippen molar-refractivity contribution in [1.82, 2.24) is 19.6 Å². The molecule has 2 aliphatic heterocycles. The summed E-state index contributed by atoms with van der Waals surface area (Å²) in [5.74, 6) is -0.0601. The smallest absolute Gasteiger partial charge is 0.247 e. The van der Waals surface area contributed by atoms with Gasteiger partial charge in [0.2, 0.25) is 17.7 Å². The minimum atomic E-state index is -0.412. The van der Waals surface area contributed by atoms with Crippen molar-refractivity contribution in [3.05, 3.63) is 120 Å². The van der Waals surface area contributed by atoms with E-state index in [-0.39, 0.29) is 23.8 Å². The fourth-order valence-electron chi connectivity index (χ4n) is 6.13. The first-order valence-electron chi connectivity index (χ1n) is 18.9. The van der Waals surface area contributed by atoms with Crippen LogP contribution in [0.1, 0.15) is 36.8 Å². The van der Waals surface area contributed by atoms with Gasteiger partial charge in [-0.3, -0.25) is 14.4 Å². The van der Waals surface area contributed by atoms with E-state index in [1.807, 2.05) is 156 Å². The molecule has 2 N–H and O–H groups in total. The van der Waals surface area contributed by atoms with Gasteiger partial charge in [-0.15, -0.1) is 0 Å². The van der Waals surface area contributed by atoms with E-state index >= 15 is 0 Å². The molecule has 0 aromatic heterocycles. The molecule has 2 heterocycles. The first-order chi connectivity index (χ1) is 26.4. The van der Waals surface area contributed by atoms with Crippen molar-refractivity contribution in [3.8, 4) is 11.1 Å². The minimum absolute atomic E-state index is 0.00390. The number of amides is 3. The lowest BCUT2D eigenvalue weighted by atomic mass is 10.0. The summed E-state index contributed by atoms with van der Waals surface area (Å²) in [6.45, 7) is 1.35. The molecule has 3 amide bonds. The highest BCUT2D eigenvalue weighted by Gasteiger charge is 2.34. The average Bonchev–Trinajstić information content (AvgIpc) is 3.87. The normalized spacial score (nSPS) is 15.8. The van der Waals surface area contributed by atoms with E-state index < -0.39 is 6.04 Å². The third kappa shape index (κ3) is 15.5. The highest BCUT2D eigenvalue weighted by atomic mass is 16.2. The molecule has 2 atom stereocenters. The van der Waals surface area contributed by atoms with E-state index in [9.17, 15) is 19.2 Å². The van der Waals surface area contributed by atoms with Gasteiger partial charge in [0, 0.05) is 31.5 Å². The summed E-state index contributed by atoms with van der Waals surface area (Å²) in [4.78, 5) is 55.8. The molecule has 10 nitrogen and oxygen atoms in total. The van der Waals surface area contributed by atoms with Gasteiger partial charge in [-0.05, 0) is 114 Å². The van der Waals surface area contributed by atoms with Crippen molar-refractivity contribution in [2.75, 3.05) is 73.1 Å². The zero-order valence-electron chi connectivity index (χ0n) is 33.7. The molecule has 2 saturated heterocycles. The second-order valence-electron chi connectivity index (χ2n) is 14.6. The number of hydrogen-bond acceptors (Lipinski definition) is 7. The Hall–Kier alpha value is -5.32. The molecule has 10 heteroatoms. The topological polar surface area (TPSA) is 105 Å². The Kier molecular flexibility index (Phi) is 18.8. The molecule has 2 fully saturated rings. The van der Waals surface area contributed by atoms with Gasteiger partial charge >= 0.3 is 0 Å². The van der Waals surface area contributed by atoms with Crippen molar-refractivity contribution in [2.45, 2.75) is 50.6 Å². The highest BCUT2D eigenvalue weighted by molar-refractivity contribution is 5.98. The number of benzene rings is 4. The number of anilines is 2. The number of nitrogens with zero attached hydrogens (tertiary/aromatic N) is 4. The van der Waals surface area contributed by atoms with Gasteiger partial charge in [0.15, 0.2) is 0 Å². The Labute approximate surface area is 328 Å². The molecular weight excluding hydrogens is 689 g/mol. The fraction of sp³-hybridized carbons (Fsp3) is 0.378. The number of carbonyl (C=O) groups excluding carboxylic acids is 4. The van der Waals surface area contributed by atoms with Gasteiger partial charge in [-0.25, -0.2) is 0 Å². The van der Waals surface area contributed by atoms with Crippen LogP contribution in [0.25, 0.3) is 11.1 Å². The number of nitrogens with one attached hydrogen (secondary N) is 2. The van der Waals surface area contributed by atoms with E-state index in [0.717, 1.165) is 65.7 Å². The van der Waals surface area contributed by atoms with E-state index in [2.05, 4.69) is 22.8 Å². The van der Waals surface area contributed by atoms with Crippen molar-refractivity contribution in [1.29, 1.82) is 0 Å². The summed E-state index contributed by atoms with van der Waals surface area (Å²) >= 11 is 0. The lowest BCUT2D eigenvalue weighted by Gasteiger charge is -2.24. The molecule has 4 aromatic rings. The van der Waals surface area contributed by atoms with Crippen LogP contribution < -0.4 is 10.6 Å². The summed E-state index contributed by atoms with van der Waals surface area (Å²) in [6.07, 6.45) is 4.89. The predicted molar refractivity (Wildman–Crippen MR) is 225 cm³/mol. The van der Waals surface area contributed by atoms with Crippen molar-refractivity contribution < 1.29 is 19.2 Å². The maximum Gasteiger partial charge on any atom is 0.247 e. The molecule has 0 bridgehead atoms. The largest absolute Gasteiger partial charge is 0.388 e. The Morgan fingerprint density at radius 3 is 1.49 bits per heavy atom. The Morgan fingerprint density at radius 2 is 1.04 bits per heavy atom. The van der Waals surface area contributed by atoms with Crippen LogP contribution in [-0.4, -0.2) is 118 Å². The van der Waals surface area contributed by atoms with E-state index in [1.54, 1.807) is 9.80 Å². The second-order valence-corrected chi connectivity index (χ2v) is 14.6. The monoisotopic (exact) mass is 748 g/mol. The van der Waals surface area contributed by atoms with E-state index in [4.69, 9.17) is 0 Å². The van der Waals surface area contributed by atoms with Crippen LogP contribution in [0.15, 0.2) is 109 Å². The maximum atomic E-state index is 12.9. The third-order valence-electron chi connectivity index (χ3n) is 8.71. The standard InChI is InChI=1S/C26H27N3O2.C13H15NO2.2C3H9N/c1-27-22-13-9-20(10-14-22)21-11-15-23(16-12-21)28-26(31)24-8-5-17-29(24)25(30)18-19-6-3-2-4-7-19;15-10-12-7-4-8-14(12)13(16)9-11-5-2-1-3-6-11;2*1-4(2)3/h2-4,6-7,9-16,24,27H,5,8,17-18H2,1H3,(H,28,31);1-3,5-6,10,12H,4,7-9H2;2*1-3H3. The molecule has 0 spiro atoms. The Bertz CT molecular complexity index is 1720. The molecule has 0 aliphatic carbocycles. The number of hydrogen-bond donors (Lipinski definition) is 2. The Balaban J connectivity index is 0.000000281. The second kappa shape index (κ2) is 23.5. The molecule has 2 aliphatic rings. The first kappa shape index (κ1) is 44.1. The predicted octanol–water partition coefficient (Wildman–Crippen LogP) is 6.34. The number of likely N-dealkylation sites (tertiary alicyclic amines) is 2. The van der Waals surface area contributed by atoms with Crippen LogP contribution in [0.2, 0.25) is 0 Å². The summed E-state index contributed by atoms with van der Waals surface area (Å²) in [5, 5.41) is 6.10. The van der Waals surface area contributed by atoms with Crippen LogP contribution in [0.4, 0.5) is 11.4 Å². The van der Waals surface area contributed by atoms with E-state index in [0.29, 0.717) is 25.8 Å². The summed E-state index contributed by atoms with van der Waals surface area (Å²) < 4.78 is 0. The summed E-state index contributed by atoms with van der Waals surface area (Å²) in [7, 11) is 13.9. The SMILES string of the molecule is CN(C)C.CN(C)C.CNc1ccc(-c2ccc(NC(=O)C3CCCN3C(=O)Cc3ccccc3)cc2)cc1.O=CC1CCCN1C(=O)Cc1ccccc1. The van der Waals surface area contributed by atoms with Gasteiger partial charge < -0.3 is 35.0 Å². The first-order valence-corrected chi connectivity index (χ1v) is 18.9. The molecule has 4 aromatic carbocycles. The average molecular weight is 749 g/mol. The van der Waals surface area contributed by atoms with E-state index in [1.165, 1.54) is 0 Å². The molecule has 55 heavy (non-hydrogen) atoms. The quantitative estimate of drug-likeness (QED) is 0.193. The Morgan fingerprint density at radius 1 is 0.618 bits per heavy atom. The fourth-order valence-corrected chi connectivity index (χ4v) is 6.13. The lowest BCUT2D eigenvalue weighted by Crippen LogP contribution is -2.43. The molecule has 2 unspecified atom stereocenters. The van der Waals surface area contributed by atoms with Gasteiger partial charge in [0.1, 0.15) is 12.3 Å². The molecule has 6 rings (SSSR count). The third-order valence-corrected chi connectivity index (χ3v) is 8.71.